The molecule has 0 aromatic carbocycles. The second-order valence-corrected chi connectivity index (χ2v) is 6.78. The molecular weight excluding hydrogens is 342 g/mol. The highest BCUT2D eigenvalue weighted by Gasteiger charge is 2.31. The molecule has 0 amide bonds. The molecular formula is C17H17N3O4S. The molecule has 1 aliphatic carbocycles. The maximum atomic E-state index is 11.7. The maximum absolute atomic E-state index is 11.7. The Labute approximate surface area is 148 Å². The summed E-state index contributed by atoms with van der Waals surface area (Å²) < 4.78 is 17.5. The molecule has 4 rings (SSSR count). The molecule has 1 aliphatic rings. The van der Waals surface area contributed by atoms with Gasteiger partial charge in [0, 0.05) is 17.2 Å². The lowest BCUT2D eigenvalue weighted by Crippen LogP contribution is -2.06. The maximum Gasteiger partial charge on any atom is 0.374 e. The summed E-state index contributed by atoms with van der Waals surface area (Å²) >= 11 is 1.51. The number of esters is 1. The van der Waals surface area contributed by atoms with E-state index in [-0.39, 0.29) is 5.76 Å². The Bertz CT molecular complexity index is 864. The Morgan fingerprint density at radius 1 is 1.32 bits per heavy atom. The van der Waals surface area contributed by atoms with E-state index in [0.29, 0.717) is 18.2 Å². The summed E-state index contributed by atoms with van der Waals surface area (Å²) in [6.07, 6.45) is 5.45. The van der Waals surface area contributed by atoms with Gasteiger partial charge in [0.25, 0.3) is 0 Å². The first-order chi connectivity index (χ1) is 12.3. The zero-order chi connectivity index (χ0) is 17.2. The Morgan fingerprint density at radius 3 is 2.92 bits per heavy atom. The summed E-state index contributed by atoms with van der Waals surface area (Å²) in [5, 5.41) is 9.51. The Balaban J connectivity index is 1.54. The zero-order valence-corrected chi connectivity index (χ0v) is 14.5. The van der Waals surface area contributed by atoms with Crippen molar-refractivity contribution in [2.24, 2.45) is 0 Å². The molecule has 0 unspecified atom stereocenters. The monoisotopic (exact) mass is 359 g/mol. The number of carbonyl (C=O) groups excluding carboxylic acids is 1. The van der Waals surface area contributed by atoms with Crippen molar-refractivity contribution < 1.29 is 18.4 Å². The molecule has 8 heteroatoms. The smallest absolute Gasteiger partial charge is 0.374 e. The highest BCUT2D eigenvalue weighted by Crippen LogP contribution is 2.40. The first-order valence-electron chi connectivity index (χ1n) is 7.99. The fraction of sp³-hybridized carbons (Fsp3) is 0.353. The van der Waals surface area contributed by atoms with Crippen LogP contribution in [0.25, 0.3) is 0 Å². The minimum atomic E-state index is -0.476. The predicted molar refractivity (Wildman–Crippen MR) is 89.4 cm³/mol. The lowest BCUT2D eigenvalue weighted by molar-refractivity contribution is 0.0564. The van der Waals surface area contributed by atoms with E-state index in [2.05, 4.69) is 14.8 Å². The summed E-state index contributed by atoms with van der Waals surface area (Å²) in [6, 6.07) is 5.59. The Kier molecular flexibility index (Phi) is 4.35. The SMILES string of the molecule is COC(=O)c1occc1CSc1nnc(C2CC2)n1Cc1ccco1. The first-order valence-corrected chi connectivity index (χ1v) is 8.97. The van der Waals surface area contributed by atoms with Crippen molar-refractivity contribution in [1.82, 2.24) is 14.8 Å². The van der Waals surface area contributed by atoms with E-state index in [1.165, 1.54) is 25.1 Å². The molecule has 1 saturated carbocycles. The normalized spacial score (nSPS) is 14.0. The third-order valence-corrected chi connectivity index (χ3v) is 5.07. The van der Waals surface area contributed by atoms with Crippen LogP contribution in [0.15, 0.2) is 44.7 Å². The summed E-state index contributed by atoms with van der Waals surface area (Å²) in [5.74, 6) is 2.64. The molecule has 130 valence electrons. The van der Waals surface area contributed by atoms with Gasteiger partial charge in [0.05, 0.1) is 26.2 Å². The van der Waals surface area contributed by atoms with Crippen LogP contribution in [-0.2, 0) is 17.0 Å². The van der Waals surface area contributed by atoms with Gasteiger partial charge in [-0.3, -0.25) is 4.57 Å². The van der Waals surface area contributed by atoms with E-state index < -0.39 is 5.97 Å². The number of carbonyl (C=O) groups is 1. The van der Waals surface area contributed by atoms with Crippen LogP contribution in [0.2, 0.25) is 0 Å². The largest absolute Gasteiger partial charge is 0.467 e. The van der Waals surface area contributed by atoms with Gasteiger partial charge < -0.3 is 13.6 Å². The number of furan rings is 2. The molecule has 3 aromatic heterocycles. The van der Waals surface area contributed by atoms with Gasteiger partial charge in [-0.1, -0.05) is 11.8 Å². The van der Waals surface area contributed by atoms with Gasteiger partial charge in [0.15, 0.2) is 5.16 Å². The van der Waals surface area contributed by atoms with E-state index in [0.717, 1.165) is 35.1 Å². The van der Waals surface area contributed by atoms with Crippen LogP contribution in [0.1, 0.15) is 46.5 Å². The molecule has 3 aromatic rings. The molecule has 0 saturated heterocycles. The summed E-state index contributed by atoms with van der Waals surface area (Å²) in [6.45, 7) is 0.601. The quantitative estimate of drug-likeness (QED) is 0.472. The molecule has 3 heterocycles. The molecule has 0 spiro atoms. The third-order valence-electron chi connectivity index (χ3n) is 4.06. The van der Waals surface area contributed by atoms with Crippen molar-refractivity contribution in [1.29, 1.82) is 0 Å². The molecule has 0 bridgehead atoms. The van der Waals surface area contributed by atoms with Gasteiger partial charge in [0.2, 0.25) is 5.76 Å². The van der Waals surface area contributed by atoms with Gasteiger partial charge in [-0.05, 0) is 31.0 Å². The molecule has 7 nitrogen and oxygen atoms in total. The Hall–Kier alpha value is -2.48. The van der Waals surface area contributed by atoms with E-state index in [9.17, 15) is 4.79 Å². The van der Waals surface area contributed by atoms with Crippen LogP contribution in [0.3, 0.4) is 0 Å². The molecule has 25 heavy (non-hydrogen) atoms. The molecule has 0 radical (unpaired) electrons. The van der Waals surface area contributed by atoms with Crippen LogP contribution in [0.5, 0.6) is 0 Å². The highest BCUT2D eigenvalue weighted by atomic mass is 32.2. The van der Waals surface area contributed by atoms with Gasteiger partial charge in [0.1, 0.15) is 11.6 Å². The van der Waals surface area contributed by atoms with E-state index in [1.54, 1.807) is 12.3 Å². The Morgan fingerprint density at radius 2 is 2.20 bits per heavy atom. The van der Waals surface area contributed by atoms with Crippen LogP contribution in [-0.4, -0.2) is 27.8 Å². The van der Waals surface area contributed by atoms with Crippen LogP contribution >= 0.6 is 11.8 Å². The molecule has 0 atom stereocenters. The van der Waals surface area contributed by atoms with E-state index in [1.807, 2.05) is 12.1 Å². The predicted octanol–water partition coefficient (Wildman–Crippen LogP) is 3.47. The van der Waals surface area contributed by atoms with Crippen molar-refractivity contribution in [3.05, 3.63) is 53.6 Å². The number of hydrogen-bond donors (Lipinski definition) is 0. The number of nitrogens with zero attached hydrogens (tertiary/aromatic N) is 3. The number of methoxy groups -OCH3 is 1. The van der Waals surface area contributed by atoms with Crippen LogP contribution in [0, 0.1) is 0 Å². The number of rotatable bonds is 7. The van der Waals surface area contributed by atoms with Gasteiger partial charge in [-0.25, -0.2) is 4.79 Å². The van der Waals surface area contributed by atoms with Crippen molar-refractivity contribution in [2.75, 3.05) is 7.11 Å². The molecule has 0 aliphatic heterocycles. The zero-order valence-electron chi connectivity index (χ0n) is 13.7. The van der Waals surface area contributed by atoms with Crippen LogP contribution in [0.4, 0.5) is 0 Å². The molecule has 1 fully saturated rings. The number of aromatic nitrogens is 3. The topological polar surface area (TPSA) is 83.3 Å². The van der Waals surface area contributed by atoms with E-state index >= 15 is 0 Å². The van der Waals surface area contributed by atoms with Crippen molar-refractivity contribution >= 4 is 17.7 Å². The average molecular weight is 359 g/mol. The number of thioether (sulfide) groups is 1. The van der Waals surface area contributed by atoms with Crippen molar-refractivity contribution in [3.63, 3.8) is 0 Å². The lowest BCUT2D eigenvalue weighted by Gasteiger charge is -2.08. The van der Waals surface area contributed by atoms with Crippen molar-refractivity contribution in [3.8, 4) is 0 Å². The summed E-state index contributed by atoms with van der Waals surface area (Å²) in [7, 11) is 1.34. The van der Waals surface area contributed by atoms with Gasteiger partial charge in [-0.15, -0.1) is 10.2 Å². The second kappa shape index (κ2) is 6.79. The standard InChI is InChI=1S/C17H17N3O4S/c1-22-16(21)14-12(6-8-24-14)10-25-17-19-18-15(11-4-5-11)20(17)9-13-3-2-7-23-13/h2-3,6-8,11H,4-5,9-10H2,1H3. The van der Waals surface area contributed by atoms with Crippen molar-refractivity contribution in [2.45, 2.75) is 36.2 Å². The minimum absolute atomic E-state index is 0.231. The summed E-state index contributed by atoms with van der Waals surface area (Å²) in [4.78, 5) is 11.7. The highest BCUT2D eigenvalue weighted by molar-refractivity contribution is 7.98. The number of ether oxygens (including phenoxy) is 1. The van der Waals surface area contributed by atoms with Gasteiger partial charge in [-0.2, -0.15) is 0 Å². The lowest BCUT2D eigenvalue weighted by atomic mass is 10.3. The fourth-order valence-corrected chi connectivity index (χ4v) is 3.55. The summed E-state index contributed by atoms with van der Waals surface area (Å²) in [5.41, 5.74) is 0.775. The average Bonchev–Trinajstić information content (AvgIpc) is 3.04. The number of hydrogen-bond acceptors (Lipinski definition) is 7. The fourth-order valence-electron chi connectivity index (χ4n) is 2.62. The van der Waals surface area contributed by atoms with Gasteiger partial charge >= 0.3 is 5.97 Å². The van der Waals surface area contributed by atoms with Crippen LogP contribution < -0.4 is 0 Å². The second-order valence-electron chi connectivity index (χ2n) is 5.84. The minimum Gasteiger partial charge on any atom is -0.467 e. The molecule has 0 N–H and O–H groups in total. The third kappa shape index (κ3) is 3.34. The first kappa shape index (κ1) is 16.0. The van der Waals surface area contributed by atoms with E-state index in [4.69, 9.17) is 13.6 Å².